The van der Waals surface area contributed by atoms with Crippen molar-refractivity contribution in [3.63, 3.8) is 0 Å². The summed E-state index contributed by atoms with van der Waals surface area (Å²) < 4.78 is 11.0. The first-order valence-corrected chi connectivity index (χ1v) is 9.76. The summed E-state index contributed by atoms with van der Waals surface area (Å²) in [6.45, 7) is 8.79. The first-order valence-electron chi connectivity index (χ1n) is 9.76. The van der Waals surface area contributed by atoms with Gasteiger partial charge in [0.2, 0.25) is 0 Å². The number of hydrogen-bond donors (Lipinski definition) is 2. The predicted molar refractivity (Wildman–Crippen MR) is 113 cm³/mol. The summed E-state index contributed by atoms with van der Waals surface area (Å²) >= 11 is 0. The smallest absolute Gasteiger partial charge is 0.407 e. The number of ether oxygens (including phenoxy) is 2. The highest BCUT2D eigenvalue weighted by Gasteiger charge is 2.15. The zero-order chi connectivity index (χ0) is 21.3. The van der Waals surface area contributed by atoms with Gasteiger partial charge in [-0.05, 0) is 57.9 Å². The van der Waals surface area contributed by atoms with Crippen molar-refractivity contribution >= 4 is 12.0 Å². The van der Waals surface area contributed by atoms with Crippen LogP contribution in [0.2, 0.25) is 0 Å². The number of carbonyl (C=O) groups excluding carboxylic acids is 2. The normalized spacial score (nSPS) is 10.9. The van der Waals surface area contributed by atoms with Crippen LogP contribution in [0.3, 0.4) is 0 Å². The van der Waals surface area contributed by atoms with Gasteiger partial charge in [-0.2, -0.15) is 0 Å². The van der Waals surface area contributed by atoms with Crippen molar-refractivity contribution in [1.29, 1.82) is 0 Å². The quantitative estimate of drug-likeness (QED) is 0.653. The van der Waals surface area contributed by atoms with Crippen molar-refractivity contribution in [3.8, 4) is 5.75 Å². The number of aryl methyl sites for hydroxylation is 1. The summed E-state index contributed by atoms with van der Waals surface area (Å²) in [5, 5.41) is 5.51. The van der Waals surface area contributed by atoms with E-state index < -0.39 is 11.7 Å². The zero-order valence-corrected chi connectivity index (χ0v) is 17.6. The SMILES string of the molecule is Cc1cccc(COc2cccc(C(=O)NCCCNC(=O)OC(C)(C)C)c2)c1. The molecule has 2 aromatic carbocycles. The monoisotopic (exact) mass is 398 g/mol. The molecule has 0 fully saturated rings. The largest absolute Gasteiger partial charge is 0.489 e. The Bertz CT molecular complexity index is 828. The Morgan fingerprint density at radius 3 is 2.41 bits per heavy atom. The van der Waals surface area contributed by atoms with Gasteiger partial charge in [-0.25, -0.2) is 4.79 Å². The van der Waals surface area contributed by atoms with E-state index in [0.29, 0.717) is 37.4 Å². The molecule has 2 amide bonds. The minimum absolute atomic E-state index is 0.178. The molecule has 0 aliphatic heterocycles. The molecule has 6 nitrogen and oxygen atoms in total. The fraction of sp³-hybridized carbons (Fsp3) is 0.391. The maximum Gasteiger partial charge on any atom is 0.407 e. The molecule has 2 N–H and O–H groups in total. The number of carbonyl (C=O) groups is 2. The molecule has 2 rings (SSSR count). The molecule has 6 heteroatoms. The lowest BCUT2D eigenvalue weighted by Gasteiger charge is -2.19. The second-order valence-electron chi connectivity index (χ2n) is 7.84. The molecule has 0 spiro atoms. The molecule has 29 heavy (non-hydrogen) atoms. The van der Waals surface area contributed by atoms with Gasteiger partial charge in [0, 0.05) is 18.7 Å². The topological polar surface area (TPSA) is 76.7 Å². The molecule has 0 bridgehead atoms. The maximum absolute atomic E-state index is 12.3. The summed E-state index contributed by atoms with van der Waals surface area (Å²) in [5.41, 5.74) is 2.27. The van der Waals surface area contributed by atoms with Crippen LogP contribution in [0.25, 0.3) is 0 Å². The van der Waals surface area contributed by atoms with Crippen LogP contribution >= 0.6 is 0 Å². The number of hydrogen-bond acceptors (Lipinski definition) is 4. The molecule has 0 saturated heterocycles. The molecule has 0 aliphatic carbocycles. The van der Waals surface area contributed by atoms with Crippen molar-refractivity contribution in [2.24, 2.45) is 0 Å². The molecular formula is C23H30N2O4. The molecular weight excluding hydrogens is 368 g/mol. The van der Waals surface area contributed by atoms with Crippen LogP contribution in [0.15, 0.2) is 48.5 Å². The Morgan fingerprint density at radius 2 is 1.69 bits per heavy atom. The second kappa shape index (κ2) is 10.5. The number of rotatable bonds is 8. The average molecular weight is 399 g/mol. The van der Waals surface area contributed by atoms with Gasteiger partial charge in [-0.3, -0.25) is 4.79 Å². The van der Waals surface area contributed by atoms with E-state index in [2.05, 4.69) is 16.7 Å². The number of amides is 2. The first-order chi connectivity index (χ1) is 13.7. The van der Waals surface area contributed by atoms with Crippen molar-refractivity contribution in [1.82, 2.24) is 10.6 Å². The Hall–Kier alpha value is -3.02. The van der Waals surface area contributed by atoms with E-state index in [1.807, 2.05) is 52.0 Å². The highest BCUT2D eigenvalue weighted by atomic mass is 16.6. The predicted octanol–water partition coefficient (Wildman–Crippen LogP) is 4.22. The lowest BCUT2D eigenvalue weighted by atomic mass is 10.1. The Morgan fingerprint density at radius 1 is 0.966 bits per heavy atom. The second-order valence-corrected chi connectivity index (χ2v) is 7.84. The summed E-state index contributed by atoms with van der Waals surface area (Å²) in [5.74, 6) is 0.467. The van der Waals surface area contributed by atoms with Crippen LogP contribution < -0.4 is 15.4 Å². The van der Waals surface area contributed by atoms with Crippen LogP contribution in [0.1, 0.15) is 48.7 Å². The van der Waals surface area contributed by atoms with Gasteiger partial charge in [-0.15, -0.1) is 0 Å². The van der Waals surface area contributed by atoms with Gasteiger partial charge >= 0.3 is 6.09 Å². The van der Waals surface area contributed by atoms with Crippen LogP contribution in [0, 0.1) is 6.92 Å². The molecule has 0 radical (unpaired) electrons. The van der Waals surface area contributed by atoms with Gasteiger partial charge < -0.3 is 20.1 Å². The van der Waals surface area contributed by atoms with Crippen molar-refractivity contribution in [2.75, 3.05) is 13.1 Å². The molecule has 0 aromatic heterocycles. The Labute approximate surface area is 172 Å². The van der Waals surface area contributed by atoms with Crippen LogP contribution in [0.5, 0.6) is 5.75 Å². The zero-order valence-electron chi connectivity index (χ0n) is 17.6. The van der Waals surface area contributed by atoms with Gasteiger partial charge in [0.25, 0.3) is 5.91 Å². The van der Waals surface area contributed by atoms with Gasteiger partial charge in [0.05, 0.1) is 0 Å². The van der Waals surface area contributed by atoms with Crippen LogP contribution in [-0.2, 0) is 11.3 Å². The third-order valence-electron chi connectivity index (χ3n) is 3.89. The third kappa shape index (κ3) is 8.68. The maximum atomic E-state index is 12.3. The standard InChI is InChI=1S/C23H30N2O4/c1-17-8-5-9-18(14-17)16-28-20-11-6-10-19(15-20)21(26)24-12-7-13-25-22(27)29-23(2,3)4/h5-6,8-11,14-15H,7,12-13,16H2,1-4H3,(H,24,26)(H,25,27). The minimum Gasteiger partial charge on any atom is -0.489 e. The van der Waals surface area contributed by atoms with E-state index in [1.165, 1.54) is 5.56 Å². The summed E-state index contributed by atoms with van der Waals surface area (Å²) in [6.07, 6.45) is 0.149. The van der Waals surface area contributed by atoms with E-state index in [0.717, 1.165) is 5.56 Å². The molecule has 0 atom stereocenters. The molecule has 0 heterocycles. The molecule has 0 unspecified atom stereocenters. The van der Waals surface area contributed by atoms with E-state index in [1.54, 1.807) is 18.2 Å². The first kappa shape index (κ1) is 22.3. The van der Waals surface area contributed by atoms with E-state index >= 15 is 0 Å². The van der Waals surface area contributed by atoms with E-state index in [4.69, 9.17) is 9.47 Å². The Kier molecular flexibility index (Phi) is 8.07. The fourth-order valence-corrected chi connectivity index (χ4v) is 2.59. The number of nitrogens with one attached hydrogen (secondary N) is 2. The lowest BCUT2D eigenvalue weighted by molar-refractivity contribution is 0.0527. The summed E-state index contributed by atoms with van der Waals surface area (Å²) in [7, 11) is 0. The molecule has 2 aromatic rings. The highest BCUT2D eigenvalue weighted by Crippen LogP contribution is 2.16. The van der Waals surface area contributed by atoms with E-state index in [9.17, 15) is 9.59 Å². The lowest BCUT2D eigenvalue weighted by Crippen LogP contribution is -2.34. The molecule has 156 valence electrons. The fourth-order valence-electron chi connectivity index (χ4n) is 2.59. The van der Waals surface area contributed by atoms with Crippen molar-refractivity contribution < 1.29 is 19.1 Å². The Balaban J connectivity index is 1.74. The third-order valence-corrected chi connectivity index (χ3v) is 3.89. The van der Waals surface area contributed by atoms with Crippen molar-refractivity contribution in [2.45, 2.75) is 46.3 Å². The van der Waals surface area contributed by atoms with Crippen LogP contribution in [0.4, 0.5) is 4.79 Å². The molecule has 0 saturated carbocycles. The van der Waals surface area contributed by atoms with Gasteiger partial charge in [0.15, 0.2) is 0 Å². The highest BCUT2D eigenvalue weighted by molar-refractivity contribution is 5.94. The number of benzene rings is 2. The van der Waals surface area contributed by atoms with Crippen LogP contribution in [-0.4, -0.2) is 30.7 Å². The van der Waals surface area contributed by atoms with Crippen molar-refractivity contribution in [3.05, 3.63) is 65.2 Å². The molecule has 0 aliphatic rings. The summed E-state index contributed by atoms with van der Waals surface area (Å²) in [6, 6.07) is 15.2. The minimum atomic E-state index is -0.523. The van der Waals surface area contributed by atoms with E-state index in [-0.39, 0.29) is 5.91 Å². The van der Waals surface area contributed by atoms with Gasteiger partial charge in [-0.1, -0.05) is 35.9 Å². The van der Waals surface area contributed by atoms with Gasteiger partial charge in [0.1, 0.15) is 18.0 Å². The summed E-state index contributed by atoms with van der Waals surface area (Å²) in [4.78, 5) is 23.9. The number of alkyl carbamates (subject to hydrolysis) is 1. The average Bonchev–Trinajstić information content (AvgIpc) is 2.65.